The third-order valence-corrected chi connectivity index (χ3v) is 23.0. The van der Waals surface area contributed by atoms with Gasteiger partial charge in [0.05, 0.1) is 67.0 Å². The average Bonchev–Trinajstić information content (AvgIpc) is 1.75. The topological polar surface area (TPSA) is 192 Å². The van der Waals surface area contributed by atoms with Gasteiger partial charge >= 0.3 is 24.1 Å². The standard InChI is InChI=1S/C77H84Cl6N12O6/c1-45(57-21-24-60(70(81)67(57)78)51-12-9-30-84-39-51)87-75(98)93(7)56-38-66(92(6)44-56)73(96)50-18-15-48(16-19-50)42-95(77(100)89-47(3)59-23-26-62(72(83)69(59)80)53-14-11-32-86-41-53)55-29-35-91(5)65(37-55)64-36-49(17-20-63(64)74(97)101-8)43-94(54-27-33-90(4)34-28-54)76(99)88-46(2)58-22-25-61(71(82)68(58)79)52-13-10-31-85-40-52/h9-26,30-32,36,39-41,45-47,54-56,65-66,73,96H,27-29,33-35,37-38,42-44H2,1-8H3,(H,87,98)(H,88,99)(H,89,100). The molecule has 4 N–H and O–H groups in total. The van der Waals surface area contributed by atoms with Crippen LogP contribution in [0.4, 0.5) is 14.4 Å². The summed E-state index contributed by atoms with van der Waals surface area (Å²) >= 11 is 41.6. The van der Waals surface area contributed by atoms with E-state index < -0.39 is 36.2 Å². The van der Waals surface area contributed by atoms with Crippen molar-refractivity contribution in [2.45, 2.75) is 120 Å². The SMILES string of the molecule is COC(=O)c1ccc(CN(C(=O)NC(C)c2ccc(-c3cccnc3)c(Cl)c2Cl)C2CCN(C)CC2)cc1C1CC(N(Cc2ccc(C(O)C3CC(N(C)C(=O)NC(C)c4ccc(-c5cccnc5)c(Cl)c4Cl)CN3C)cc2)C(=O)NC(C)c2ccc(-c3cccnc3)c(Cl)c2Cl)CCN1C. The van der Waals surface area contributed by atoms with E-state index in [4.69, 9.17) is 74.3 Å². The molecule has 530 valence electrons. The van der Waals surface area contributed by atoms with Crippen LogP contribution in [0, 0.1) is 0 Å². The molecule has 0 bridgehead atoms. The Labute approximate surface area is 621 Å². The number of methoxy groups -OCH3 is 1. The van der Waals surface area contributed by atoms with E-state index in [1.54, 1.807) is 55.2 Å². The van der Waals surface area contributed by atoms with Gasteiger partial charge in [-0.2, -0.15) is 0 Å². The number of aromatic nitrogens is 3. The number of ether oxygens (including phenoxy) is 1. The maximum Gasteiger partial charge on any atom is 0.338 e. The van der Waals surface area contributed by atoms with Crippen LogP contribution < -0.4 is 16.0 Å². The normalized spacial score (nSPS) is 18.8. The van der Waals surface area contributed by atoms with E-state index >= 15 is 4.79 Å². The van der Waals surface area contributed by atoms with Gasteiger partial charge in [0.15, 0.2) is 0 Å². The first-order chi connectivity index (χ1) is 48.5. The molecule has 8 unspecified atom stereocenters. The molecule has 0 saturated carbocycles. The number of amides is 6. The van der Waals surface area contributed by atoms with Crippen molar-refractivity contribution in [2.24, 2.45) is 0 Å². The average molecular weight is 1490 g/mol. The van der Waals surface area contributed by atoms with Gasteiger partial charge in [0.1, 0.15) is 0 Å². The number of carbonyl (C=O) groups excluding carboxylic acids is 4. The number of urea groups is 3. The third-order valence-electron chi connectivity index (χ3n) is 20.3. The lowest BCUT2D eigenvalue weighted by molar-refractivity contribution is 0.0587. The number of piperidine rings is 2. The molecule has 5 aromatic carbocycles. The predicted molar refractivity (Wildman–Crippen MR) is 402 cm³/mol. The van der Waals surface area contributed by atoms with E-state index in [9.17, 15) is 19.5 Å². The number of likely N-dealkylation sites (tertiary alicyclic amines) is 3. The highest BCUT2D eigenvalue weighted by Gasteiger charge is 2.40. The zero-order valence-corrected chi connectivity index (χ0v) is 62.2. The largest absolute Gasteiger partial charge is 0.465 e. The van der Waals surface area contributed by atoms with Gasteiger partial charge in [0.25, 0.3) is 0 Å². The van der Waals surface area contributed by atoms with Crippen molar-refractivity contribution in [1.29, 1.82) is 0 Å². The molecular formula is C77H84Cl6N12O6. The van der Waals surface area contributed by atoms with Crippen molar-refractivity contribution < 1.29 is 29.0 Å². The lowest BCUT2D eigenvalue weighted by Gasteiger charge is -2.43. The number of nitrogens with zero attached hydrogens (tertiary/aromatic N) is 9. The quantitative estimate of drug-likeness (QED) is 0.0529. The van der Waals surface area contributed by atoms with Crippen LogP contribution in [0.1, 0.15) is 132 Å². The van der Waals surface area contributed by atoms with Crippen LogP contribution in [0.3, 0.4) is 0 Å². The summed E-state index contributed by atoms with van der Waals surface area (Å²) < 4.78 is 5.46. The minimum Gasteiger partial charge on any atom is -0.465 e. The zero-order chi connectivity index (χ0) is 71.9. The van der Waals surface area contributed by atoms with Crippen LogP contribution >= 0.6 is 69.6 Å². The molecule has 8 atom stereocenters. The number of hydrogen-bond acceptors (Lipinski definition) is 12. The summed E-state index contributed by atoms with van der Waals surface area (Å²) in [7, 11) is 9.16. The summed E-state index contributed by atoms with van der Waals surface area (Å²) in [6.45, 7) is 8.70. The molecule has 101 heavy (non-hydrogen) atoms. The highest BCUT2D eigenvalue weighted by Crippen LogP contribution is 2.43. The second-order valence-corrected chi connectivity index (χ2v) is 29.1. The molecule has 3 aliphatic heterocycles. The Bertz CT molecular complexity index is 4260. The smallest absolute Gasteiger partial charge is 0.338 e. The van der Waals surface area contributed by atoms with E-state index in [1.165, 1.54) is 7.11 Å². The van der Waals surface area contributed by atoms with E-state index in [0.717, 1.165) is 64.9 Å². The summed E-state index contributed by atoms with van der Waals surface area (Å²) in [4.78, 5) is 82.8. The van der Waals surface area contributed by atoms with Crippen LogP contribution in [0.15, 0.2) is 152 Å². The molecule has 0 spiro atoms. The van der Waals surface area contributed by atoms with Crippen molar-refractivity contribution >= 4 is 93.7 Å². The molecule has 18 nitrogen and oxygen atoms in total. The fourth-order valence-electron chi connectivity index (χ4n) is 14.3. The molecule has 0 aliphatic carbocycles. The molecule has 6 heterocycles. The second kappa shape index (κ2) is 33.2. The van der Waals surface area contributed by atoms with Crippen molar-refractivity contribution in [2.75, 3.05) is 61.5 Å². The highest BCUT2D eigenvalue weighted by atomic mass is 35.5. The monoisotopic (exact) mass is 1480 g/mol. The van der Waals surface area contributed by atoms with E-state index in [0.29, 0.717) is 101 Å². The maximum absolute atomic E-state index is 15.4. The number of carbonyl (C=O) groups is 4. The fourth-order valence-corrected chi connectivity index (χ4v) is 16.1. The van der Waals surface area contributed by atoms with Crippen LogP contribution in [0.2, 0.25) is 30.1 Å². The number of aliphatic hydroxyl groups is 1. The molecular weight excluding hydrogens is 1400 g/mol. The molecule has 3 saturated heterocycles. The summed E-state index contributed by atoms with van der Waals surface area (Å²) in [5.41, 5.74) is 9.94. The van der Waals surface area contributed by atoms with Crippen molar-refractivity contribution in [1.82, 2.24) is 60.3 Å². The van der Waals surface area contributed by atoms with Gasteiger partial charge in [0.2, 0.25) is 0 Å². The number of esters is 1. The number of benzene rings is 5. The minimum absolute atomic E-state index is 0.109. The summed E-state index contributed by atoms with van der Waals surface area (Å²) in [5, 5.41) is 23.9. The van der Waals surface area contributed by atoms with Gasteiger partial charge in [-0.15, -0.1) is 0 Å². The Balaban J connectivity index is 0.833. The van der Waals surface area contributed by atoms with Crippen LogP contribution in [0.25, 0.3) is 33.4 Å². The number of rotatable bonds is 20. The van der Waals surface area contributed by atoms with E-state index in [-0.39, 0.29) is 55.4 Å². The van der Waals surface area contributed by atoms with E-state index in [2.05, 4.69) is 52.6 Å². The Hall–Kier alpha value is -7.59. The molecule has 3 aromatic heterocycles. The Morgan fingerprint density at radius 2 is 0.990 bits per heavy atom. The minimum atomic E-state index is -0.917. The molecule has 11 rings (SSSR count). The molecule has 0 radical (unpaired) electrons. The third kappa shape index (κ3) is 16.9. The zero-order valence-electron chi connectivity index (χ0n) is 57.7. The predicted octanol–water partition coefficient (Wildman–Crippen LogP) is 16.6. The number of pyridine rings is 3. The first kappa shape index (κ1) is 74.6. The fraction of sp³-hybridized carbons (Fsp3) is 0.364. The summed E-state index contributed by atoms with van der Waals surface area (Å²) in [6, 6.07) is 31.8. The first-order valence-corrected chi connectivity index (χ1v) is 36.2. The van der Waals surface area contributed by atoms with Crippen LogP contribution in [-0.4, -0.2) is 159 Å². The molecule has 24 heteroatoms. The number of likely N-dealkylation sites (N-methyl/N-ethyl adjacent to an activating group) is 2. The molecule has 8 aromatic rings. The lowest BCUT2D eigenvalue weighted by Crippen LogP contribution is -2.51. The van der Waals surface area contributed by atoms with Crippen LogP contribution in [-0.2, 0) is 17.8 Å². The van der Waals surface area contributed by atoms with Gasteiger partial charge in [-0.1, -0.05) is 161 Å². The second-order valence-electron chi connectivity index (χ2n) is 26.8. The van der Waals surface area contributed by atoms with Gasteiger partial charge in [0, 0.05) is 134 Å². The van der Waals surface area contributed by atoms with Crippen molar-refractivity contribution in [3.63, 3.8) is 0 Å². The first-order valence-electron chi connectivity index (χ1n) is 33.9. The number of hydrogen-bond donors (Lipinski definition) is 4. The highest BCUT2D eigenvalue weighted by molar-refractivity contribution is 6.45. The number of nitrogens with one attached hydrogen (secondary N) is 3. The molecule has 3 aliphatic rings. The Morgan fingerprint density at radius 1 is 0.545 bits per heavy atom. The summed E-state index contributed by atoms with van der Waals surface area (Å²) in [5.74, 6) is -0.513. The van der Waals surface area contributed by atoms with E-state index in [1.807, 2.05) is 154 Å². The van der Waals surface area contributed by atoms with Gasteiger partial charge in [-0.05, 0) is 150 Å². The van der Waals surface area contributed by atoms with Crippen molar-refractivity contribution in [3.05, 3.63) is 227 Å². The summed E-state index contributed by atoms with van der Waals surface area (Å²) in [6.07, 6.45) is 12.3. The van der Waals surface area contributed by atoms with Crippen molar-refractivity contribution in [3.8, 4) is 33.4 Å². The van der Waals surface area contributed by atoms with Gasteiger partial charge in [-0.25, -0.2) is 19.2 Å². The molecule has 6 amide bonds. The Kier molecular flexibility index (Phi) is 24.6. The van der Waals surface area contributed by atoms with Gasteiger partial charge in [-0.3, -0.25) is 24.8 Å². The number of halogens is 6. The maximum atomic E-state index is 15.4. The van der Waals surface area contributed by atoms with Gasteiger partial charge < -0.3 is 45.4 Å². The lowest BCUT2D eigenvalue weighted by atomic mass is 9.87. The number of aliphatic hydroxyl groups excluding tert-OH is 1. The van der Waals surface area contributed by atoms with Crippen LogP contribution in [0.5, 0.6) is 0 Å². The molecule has 3 fully saturated rings. The Morgan fingerprint density at radius 3 is 1.46 bits per heavy atom.